The first-order valence-corrected chi connectivity index (χ1v) is 9.04. The Bertz CT molecular complexity index is 737. The Morgan fingerprint density at radius 1 is 0.964 bits per heavy atom. The van der Waals surface area contributed by atoms with Crippen LogP contribution in [0.5, 0.6) is 0 Å². The van der Waals surface area contributed by atoms with E-state index in [2.05, 4.69) is 15.1 Å². The van der Waals surface area contributed by atoms with Crippen LogP contribution >= 0.6 is 0 Å². The molecule has 10 heteroatoms. The van der Waals surface area contributed by atoms with Crippen LogP contribution in [0.3, 0.4) is 0 Å². The van der Waals surface area contributed by atoms with Crippen LogP contribution in [0.4, 0.5) is 0 Å². The molecule has 0 atom stereocenters. The molecule has 2 rings (SSSR count). The van der Waals surface area contributed by atoms with Gasteiger partial charge in [-0.25, -0.2) is 4.79 Å². The maximum Gasteiger partial charge on any atom is 0.341 e. The molecule has 2 aromatic heterocycles. The summed E-state index contributed by atoms with van der Waals surface area (Å²) in [5.41, 5.74) is 6.05. The first kappa shape index (κ1) is 23.3. The monoisotopic (exact) mass is 393 g/mol. The van der Waals surface area contributed by atoms with Crippen LogP contribution in [0, 0.1) is 0 Å². The zero-order valence-electron chi connectivity index (χ0n) is 17.3. The van der Waals surface area contributed by atoms with Gasteiger partial charge in [0, 0.05) is 25.5 Å². The van der Waals surface area contributed by atoms with Gasteiger partial charge in [-0.05, 0) is 35.1 Å². The molecular weight excluding hydrogens is 362 g/mol. The number of aromatic nitrogens is 4. The maximum absolute atomic E-state index is 11.3. The molecule has 0 spiro atoms. The van der Waals surface area contributed by atoms with E-state index in [1.54, 1.807) is 28.7 Å². The summed E-state index contributed by atoms with van der Waals surface area (Å²) in [6, 6.07) is 0. The van der Waals surface area contributed by atoms with Crippen LogP contribution in [0.2, 0.25) is 0 Å². The van der Waals surface area contributed by atoms with Crippen molar-refractivity contribution < 1.29 is 14.3 Å². The predicted molar refractivity (Wildman–Crippen MR) is 106 cm³/mol. The second kappa shape index (κ2) is 11.9. The van der Waals surface area contributed by atoms with Crippen molar-refractivity contribution in [1.29, 1.82) is 0 Å². The van der Waals surface area contributed by atoms with Crippen molar-refractivity contribution in [3.05, 3.63) is 35.9 Å². The van der Waals surface area contributed by atoms with Crippen molar-refractivity contribution in [2.75, 3.05) is 47.9 Å². The van der Waals surface area contributed by atoms with Gasteiger partial charge in [-0.1, -0.05) is 0 Å². The number of nitrogens with zero attached hydrogens (tertiary/aromatic N) is 6. The zero-order chi connectivity index (χ0) is 21.1. The Morgan fingerprint density at radius 3 is 1.82 bits per heavy atom. The molecule has 0 aliphatic carbocycles. The Kier molecular flexibility index (Phi) is 9.89. The molecule has 28 heavy (non-hydrogen) atoms. The SMILES string of the molecule is CCOC(=O)c1cnn(CCN(C)C)c1.CN(C)CCn1cc(C(N)=O)cn1. The van der Waals surface area contributed by atoms with Gasteiger partial charge in [-0.15, -0.1) is 0 Å². The van der Waals surface area contributed by atoms with Crippen molar-refractivity contribution in [3.8, 4) is 0 Å². The average Bonchev–Trinajstić information content (AvgIpc) is 3.28. The largest absolute Gasteiger partial charge is 0.462 e. The van der Waals surface area contributed by atoms with Crippen LogP contribution in [0.25, 0.3) is 0 Å². The summed E-state index contributed by atoms with van der Waals surface area (Å²) in [7, 11) is 7.96. The minimum absolute atomic E-state index is 0.311. The number of hydrogen-bond acceptors (Lipinski definition) is 7. The smallest absolute Gasteiger partial charge is 0.341 e. The van der Waals surface area contributed by atoms with Crippen molar-refractivity contribution >= 4 is 11.9 Å². The quantitative estimate of drug-likeness (QED) is 0.604. The van der Waals surface area contributed by atoms with E-state index < -0.39 is 5.91 Å². The highest BCUT2D eigenvalue weighted by atomic mass is 16.5. The fraction of sp³-hybridized carbons (Fsp3) is 0.556. The Balaban J connectivity index is 0.000000283. The fourth-order valence-electron chi connectivity index (χ4n) is 2.02. The molecule has 0 bridgehead atoms. The van der Waals surface area contributed by atoms with Crippen molar-refractivity contribution in [2.24, 2.45) is 5.73 Å². The number of esters is 1. The van der Waals surface area contributed by atoms with Gasteiger partial charge in [0.05, 0.1) is 43.2 Å². The lowest BCUT2D eigenvalue weighted by Crippen LogP contribution is -2.18. The zero-order valence-corrected chi connectivity index (χ0v) is 17.3. The van der Waals surface area contributed by atoms with Gasteiger partial charge >= 0.3 is 5.97 Å². The average molecular weight is 393 g/mol. The maximum atomic E-state index is 11.3. The Morgan fingerprint density at radius 2 is 1.43 bits per heavy atom. The molecule has 0 unspecified atom stereocenters. The molecule has 0 saturated carbocycles. The molecule has 0 aliphatic heterocycles. The standard InChI is InChI=1S/C10H17N3O2.C8H14N4O/c1-4-15-10(14)9-7-11-13(8-9)6-5-12(2)3;1-11(2)3-4-12-6-7(5-10-12)8(9)13/h7-8H,4-6H2,1-3H3;5-6H,3-4H2,1-2H3,(H2,9,13). The van der Waals surface area contributed by atoms with Gasteiger partial charge < -0.3 is 20.3 Å². The van der Waals surface area contributed by atoms with Gasteiger partial charge in [0.15, 0.2) is 0 Å². The Hall–Kier alpha value is -2.72. The first-order chi connectivity index (χ1) is 13.2. The summed E-state index contributed by atoms with van der Waals surface area (Å²) in [4.78, 5) is 26.1. The van der Waals surface area contributed by atoms with E-state index in [0.717, 1.165) is 26.2 Å². The second-order valence-electron chi connectivity index (χ2n) is 6.68. The van der Waals surface area contributed by atoms with Gasteiger partial charge in [0.2, 0.25) is 0 Å². The van der Waals surface area contributed by atoms with Crippen molar-refractivity contribution in [2.45, 2.75) is 20.0 Å². The summed E-state index contributed by atoms with van der Waals surface area (Å²) >= 11 is 0. The van der Waals surface area contributed by atoms with Crippen molar-refractivity contribution in [1.82, 2.24) is 29.4 Å². The molecule has 0 aromatic carbocycles. The minimum atomic E-state index is -0.434. The van der Waals surface area contributed by atoms with Gasteiger partial charge in [-0.3, -0.25) is 14.2 Å². The van der Waals surface area contributed by atoms with E-state index in [1.165, 1.54) is 12.4 Å². The summed E-state index contributed by atoms with van der Waals surface area (Å²) in [5.74, 6) is -0.746. The molecule has 1 amide bonds. The predicted octanol–water partition coefficient (Wildman–Crippen LogP) is 0.165. The van der Waals surface area contributed by atoms with Crippen LogP contribution in [-0.2, 0) is 17.8 Å². The summed E-state index contributed by atoms with van der Waals surface area (Å²) in [6.07, 6.45) is 6.39. The number of carbonyl (C=O) groups is 2. The van der Waals surface area contributed by atoms with Gasteiger partial charge in [0.25, 0.3) is 5.91 Å². The highest BCUT2D eigenvalue weighted by Crippen LogP contribution is 2.00. The summed E-state index contributed by atoms with van der Waals surface area (Å²) in [6.45, 7) is 5.49. The van der Waals surface area contributed by atoms with Crippen LogP contribution in [0.15, 0.2) is 24.8 Å². The molecule has 2 aromatic rings. The highest BCUT2D eigenvalue weighted by molar-refractivity contribution is 5.92. The summed E-state index contributed by atoms with van der Waals surface area (Å²) in [5, 5.41) is 8.08. The number of amides is 1. The molecule has 2 N–H and O–H groups in total. The van der Waals surface area contributed by atoms with Crippen LogP contribution < -0.4 is 5.73 Å². The third-order valence-electron chi connectivity index (χ3n) is 3.61. The molecule has 0 aliphatic rings. The lowest BCUT2D eigenvalue weighted by molar-refractivity contribution is 0.0526. The van der Waals surface area contributed by atoms with E-state index in [4.69, 9.17) is 10.5 Å². The number of hydrogen-bond donors (Lipinski definition) is 1. The van der Waals surface area contributed by atoms with Crippen molar-refractivity contribution in [3.63, 3.8) is 0 Å². The van der Waals surface area contributed by atoms with E-state index in [9.17, 15) is 9.59 Å². The highest BCUT2D eigenvalue weighted by Gasteiger charge is 2.08. The first-order valence-electron chi connectivity index (χ1n) is 9.04. The van der Waals surface area contributed by atoms with Gasteiger partial charge in [0.1, 0.15) is 0 Å². The second-order valence-corrected chi connectivity index (χ2v) is 6.68. The molecule has 0 fully saturated rings. The Labute approximate surface area is 165 Å². The minimum Gasteiger partial charge on any atom is -0.462 e. The number of carbonyl (C=O) groups excluding carboxylic acids is 2. The number of primary amides is 1. The van der Waals surface area contributed by atoms with E-state index in [1.807, 2.05) is 33.1 Å². The number of nitrogens with two attached hydrogens (primary N) is 1. The third kappa shape index (κ3) is 8.78. The van der Waals surface area contributed by atoms with Gasteiger partial charge in [-0.2, -0.15) is 10.2 Å². The molecule has 0 radical (unpaired) electrons. The third-order valence-corrected chi connectivity index (χ3v) is 3.61. The molecule has 0 saturated heterocycles. The van der Waals surface area contributed by atoms with E-state index in [-0.39, 0.29) is 5.97 Å². The summed E-state index contributed by atoms with van der Waals surface area (Å²) < 4.78 is 8.31. The lowest BCUT2D eigenvalue weighted by atomic mass is 10.3. The molecular formula is C18H31N7O3. The van der Waals surface area contributed by atoms with E-state index >= 15 is 0 Å². The molecule has 10 nitrogen and oxygen atoms in total. The molecule has 2 heterocycles. The fourth-order valence-corrected chi connectivity index (χ4v) is 2.02. The number of ether oxygens (including phenoxy) is 1. The topological polar surface area (TPSA) is 112 Å². The number of likely N-dealkylation sites (N-methyl/N-ethyl adjacent to an activating group) is 2. The van der Waals surface area contributed by atoms with E-state index in [0.29, 0.717) is 17.7 Å². The van der Waals surface area contributed by atoms with Crippen LogP contribution in [-0.4, -0.2) is 89.1 Å². The normalized spacial score (nSPS) is 10.7. The lowest BCUT2D eigenvalue weighted by Gasteiger charge is -2.08. The van der Waals surface area contributed by atoms with Crippen LogP contribution in [0.1, 0.15) is 27.6 Å². The number of rotatable bonds is 9. The molecule has 156 valence electrons.